The van der Waals surface area contributed by atoms with Gasteiger partial charge in [0, 0.05) is 7.05 Å². The molecule has 76 valence electrons. The second kappa shape index (κ2) is 3.31. The molecule has 1 unspecified atom stereocenters. The number of carbonyl (C=O) groups excluding carboxylic acids is 2. The molecule has 0 spiro atoms. The van der Waals surface area contributed by atoms with Gasteiger partial charge in [-0.1, -0.05) is 0 Å². The Balaban J connectivity index is 5.20. The summed E-state index contributed by atoms with van der Waals surface area (Å²) >= 11 is 0. The third-order valence-corrected chi connectivity index (χ3v) is 1.80. The van der Waals surface area contributed by atoms with Crippen LogP contribution in [0.2, 0.25) is 0 Å². The Morgan fingerprint density at radius 3 is 1.77 bits per heavy atom. The summed E-state index contributed by atoms with van der Waals surface area (Å²) < 4.78 is 0. The van der Waals surface area contributed by atoms with E-state index in [-0.39, 0.29) is 0 Å². The molecule has 0 rings (SSSR count). The second-order valence-corrected chi connectivity index (χ2v) is 3.21. The van der Waals surface area contributed by atoms with Crippen molar-refractivity contribution in [1.29, 1.82) is 0 Å². The molecular weight excluding hydrogens is 176 g/mol. The molecule has 0 heterocycles. The number of primary amides is 1. The summed E-state index contributed by atoms with van der Waals surface area (Å²) in [4.78, 5) is 21.9. The Bertz CT molecular complexity index is 233. The van der Waals surface area contributed by atoms with Gasteiger partial charge in [0.2, 0.25) is 5.60 Å². The highest BCUT2D eigenvalue weighted by Gasteiger charge is 2.54. The molecule has 0 radical (unpaired) electrons. The highest BCUT2D eigenvalue weighted by molar-refractivity contribution is 6.08. The van der Waals surface area contributed by atoms with E-state index < -0.39 is 23.0 Å². The first-order valence-corrected chi connectivity index (χ1v) is 3.64. The van der Waals surface area contributed by atoms with Crippen LogP contribution in [-0.2, 0) is 9.59 Å². The molecule has 0 bridgehead atoms. The predicted molar refractivity (Wildman–Crippen MR) is 44.5 cm³/mol. The van der Waals surface area contributed by atoms with Crippen LogP contribution >= 0.6 is 0 Å². The lowest BCUT2D eigenvalue weighted by atomic mass is 9.84. The Morgan fingerprint density at radius 1 is 1.31 bits per heavy atom. The van der Waals surface area contributed by atoms with Gasteiger partial charge in [0.05, 0.1) is 0 Å². The average Bonchev–Trinajstić information content (AvgIpc) is 1.98. The first-order chi connectivity index (χ1) is 5.67. The summed E-state index contributed by atoms with van der Waals surface area (Å²) in [5.41, 5.74) is 0.283. The lowest BCUT2D eigenvalue weighted by Crippen LogP contribution is -2.66. The second-order valence-electron chi connectivity index (χ2n) is 3.21. The minimum absolute atomic E-state index is 1.03. The van der Waals surface area contributed by atoms with E-state index in [0.717, 1.165) is 13.8 Å². The summed E-state index contributed by atoms with van der Waals surface area (Å²) in [5, 5.41) is 21.0. The molecule has 0 aromatic heterocycles. The van der Waals surface area contributed by atoms with Crippen LogP contribution in [0.25, 0.3) is 0 Å². The first kappa shape index (κ1) is 11.9. The molecule has 0 fully saturated rings. The molecule has 5 N–H and O–H groups in total. The zero-order valence-corrected chi connectivity index (χ0v) is 7.79. The quantitative estimate of drug-likeness (QED) is 0.375. The fraction of sp³-hybridized carbons (Fsp3) is 0.714. The Morgan fingerprint density at radius 2 is 1.69 bits per heavy atom. The van der Waals surface area contributed by atoms with Gasteiger partial charge >= 0.3 is 0 Å². The molecule has 1 atom stereocenters. The topological polar surface area (TPSA) is 113 Å². The molecule has 0 saturated heterocycles. The molecule has 0 aliphatic rings. The van der Waals surface area contributed by atoms with E-state index in [4.69, 9.17) is 5.73 Å². The normalized spacial score (nSPS) is 16.1. The number of amides is 2. The number of rotatable bonds is 3. The van der Waals surface area contributed by atoms with Gasteiger partial charge in [0.15, 0.2) is 0 Å². The summed E-state index contributed by atoms with van der Waals surface area (Å²) in [6, 6.07) is 0. The molecule has 6 heteroatoms. The third-order valence-electron chi connectivity index (χ3n) is 1.80. The van der Waals surface area contributed by atoms with Crippen molar-refractivity contribution in [2.24, 2.45) is 5.73 Å². The van der Waals surface area contributed by atoms with Gasteiger partial charge in [-0.15, -0.1) is 0 Å². The Labute approximate surface area is 75.7 Å². The third kappa shape index (κ3) is 1.78. The van der Waals surface area contributed by atoms with Gasteiger partial charge in [-0.05, 0) is 13.8 Å². The number of nitrogens with two attached hydrogens (primary N) is 1. The van der Waals surface area contributed by atoms with Crippen LogP contribution in [0.5, 0.6) is 0 Å². The fourth-order valence-electron chi connectivity index (χ4n) is 0.872. The van der Waals surface area contributed by atoms with Crippen molar-refractivity contribution < 1.29 is 19.8 Å². The van der Waals surface area contributed by atoms with Gasteiger partial charge in [-0.3, -0.25) is 9.59 Å². The summed E-state index contributed by atoms with van der Waals surface area (Å²) in [6.45, 7) is 2.24. The summed E-state index contributed by atoms with van der Waals surface area (Å²) in [6.07, 6.45) is 0. The number of nitrogens with one attached hydrogen (secondary N) is 1. The van der Waals surface area contributed by atoms with E-state index in [1.54, 1.807) is 0 Å². The first-order valence-electron chi connectivity index (χ1n) is 3.64. The van der Waals surface area contributed by atoms with Crippen LogP contribution in [0.4, 0.5) is 0 Å². The van der Waals surface area contributed by atoms with E-state index in [9.17, 15) is 19.8 Å². The monoisotopic (exact) mass is 190 g/mol. The van der Waals surface area contributed by atoms with E-state index in [1.807, 2.05) is 5.32 Å². The molecule has 6 nitrogen and oxygen atoms in total. The highest BCUT2D eigenvalue weighted by Crippen LogP contribution is 2.21. The van der Waals surface area contributed by atoms with Crippen molar-refractivity contribution in [1.82, 2.24) is 5.32 Å². The Hall–Kier alpha value is -1.14. The lowest BCUT2D eigenvalue weighted by Gasteiger charge is -2.33. The van der Waals surface area contributed by atoms with Crippen LogP contribution < -0.4 is 11.1 Å². The van der Waals surface area contributed by atoms with Crippen molar-refractivity contribution in [2.45, 2.75) is 25.0 Å². The number of hydrogen-bond acceptors (Lipinski definition) is 4. The zero-order valence-electron chi connectivity index (χ0n) is 7.79. The number of carbonyl (C=O) groups is 2. The van der Waals surface area contributed by atoms with Crippen molar-refractivity contribution >= 4 is 11.8 Å². The van der Waals surface area contributed by atoms with Gasteiger partial charge in [0.25, 0.3) is 11.8 Å². The van der Waals surface area contributed by atoms with E-state index in [2.05, 4.69) is 0 Å². The van der Waals surface area contributed by atoms with Crippen LogP contribution in [0.15, 0.2) is 0 Å². The van der Waals surface area contributed by atoms with Gasteiger partial charge in [-0.25, -0.2) is 0 Å². The lowest BCUT2D eigenvalue weighted by molar-refractivity contribution is -0.176. The Kier molecular flexibility index (Phi) is 3.02. The maximum Gasteiger partial charge on any atom is 0.264 e. The highest BCUT2D eigenvalue weighted by atomic mass is 16.4. The number of hydrogen-bond donors (Lipinski definition) is 4. The van der Waals surface area contributed by atoms with Gasteiger partial charge in [0.1, 0.15) is 5.60 Å². The molecule has 2 amide bonds. The SMILES string of the molecule is CNC(=O)C(O)(C(N)=O)C(C)(C)O. The molecule has 0 saturated carbocycles. The molecule has 0 aliphatic carbocycles. The largest absolute Gasteiger partial charge is 0.386 e. The molecule has 0 aliphatic heterocycles. The summed E-state index contributed by atoms with van der Waals surface area (Å²) in [7, 11) is 1.22. The van der Waals surface area contributed by atoms with E-state index >= 15 is 0 Å². The molecular formula is C7H14N2O4. The maximum atomic E-state index is 11.1. The van der Waals surface area contributed by atoms with Crippen molar-refractivity contribution in [3.63, 3.8) is 0 Å². The number of likely N-dealkylation sites (N-methyl/N-ethyl adjacent to an activating group) is 1. The van der Waals surface area contributed by atoms with Crippen molar-refractivity contribution in [2.75, 3.05) is 7.05 Å². The zero-order chi connectivity index (χ0) is 10.9. The minimum Gasteiger partial charge on any atom is -0.386 e. The summed E-state index contributed by atoms with van der Waals surface area (Å²) in [5.74, 6) is -2.33. The standard InChI is InChI=1S/C7H14N2O4/c1-6(2,12)7(13,4(8)10)5(11)9-3/h12-13H,1-3H3,(H2,8,10)(H,9,11). The molecule has 0 aromatic rings. The van der Waals surface area contributed by atoms with Crippen LogP contribution in [-0.4, -0.2) is 40.3 Å². The van der Waals surface area contributed by atoms with E-state index in [0.29, 0.717) is 0 Å². The predicted octanol–water partition coefficient (Wildman–Crippen LogP) is -2.28. The van der Waals surface area contributed by atoms with Crippen molar-refractivity contribution in [3.05, 3.63) is 0 Å². The van der Waals surface area contributed by atoms with E-state index in [1.165, 1.54) is 7.05 Å². The van der Waals surface area contributed by atoms with Crippen LogP contribution in [0, 0.1) is 0 Å². The fourth-order valence-corrected chi connectivity index (χ4v) is 0.872. The maximum absolute atomic E-state index is 11.1. The van der Waals surface area contributed by atoms with Crippen LogP contribution in [0.1, 0.15) is 13.8 Å². The van der Waals surface area contributed by atoms with Crippen LogP contribution in [0.3, 0.4) is 0 Å². The van der Waals surface area contributed by atoms with Gasteiger partial charge in [-0.2, -0.15) is 0 Å². The van der Waals surface area contributed by atoms with Gasteiger partial charge < -0.3 is 21.3 Å². The molecule has 0 aromatic carbocycles. The minimum atomic E-state index is -2.61. The average molecular weight is 190 g/mol. The smallest absolute Gasteiger partial charge is 0.264 e. The molecule has 13 heavy (non-hydrogen) atoms. The number of aliphatic hydroxyl groups is 2. The van der Waals surface area contributed by atoms with Crippen molar-refractivity contribution in [3.8, 4) is 0 Å².